The maximum absolute atomic E-state index is 11.6. The number of hydrogen-bond donors (Lipinski definition) is 3. The van der Waals surface area contributed by atoms with E-state index in [1.54, 1.807) is 31.2 Å². The molecule has 1 rings (SSSR count). The number of nitrogens with one attached hydrogen (secondary N) is 3. The van der Waals surface area contributed by atoms with Gasteiger partial charge in [-0.3, -0.25) is 4.79 Å². The molecule has 3 N–H and O–H groups in total. The largest absolute Gasteiger partial charge is 0.513 e. The van der Waals surface area contributed by atoms with E-state index in [0.29, 0.717) is 37.4 Å². The Balaban J connectivity index is 2.32. The molecule has 0 atom stereocenters. The Bertz CT molecular complexity index is 490. The van der Waals surface area contributed by atoms with Crippen LogP contribution in [0.4, 0.5) is 15.3 Å². The predicted octanol–water partition coefficient (Wildman–Crippen LogP) is 1.48. The van der Waals surface area contributed by atoms with Crippen molar-refractivity contribution in [3.63, 3.8) is 0 Å². The molecule has 0 aliphatic carbocycles. The second kappa shape index (κ2) is 10.0. The number of carbonyl (C=O) groups is 3. The van der Waals surface area contributed by atoms with Gasteiger partial charge in [-0.15, -0.1) is 0 Å². The van der Waals surface area contributed by atoms with Gasteiger partial charge >= 0.3 is 12.2 Å². The summed E-state index contributed by atoms with van der Waals surface area (Å²) in [6.07, 6.45) is 0.475. The molecule has 8 heteroatoms. The van der Waals surface area contributed by atoms with Crippen LogP contribution in [0.15, 0.2) is 24.3 Å². The minimum Gasteiger partial charge on any atom is -0.434 e. The molecule has 0 heterocycles. The average Bonchev–Trinajstić information content (AvgIpc) is 2.49. The van der Waals surface area contributed by atoms with Crippen molar-refractivity contribution in [3.8, 4) is 5.75 Å². The summed E-state index contributed by atoms with van der Waals surface area (Å²) in [6.45, 7) is 2.86. The maximum Gasteiger partial charge on any atom is 0.513 e. The first-order valence-electron chi connectivity index (χ1n) is 6.82. The lowest BCUT2D eigenvalue weighted by Gasteiger charge is -2.08. The monoisotopic (exact) mass is 309 g/mol. The number of hydrogen-bond acceptors (Lipinski definition) is 5. The van der Waals surface area contributed by atoms with Gasteiger partial charge in [-0.05, 0) is 37.6 Å². The van der Waals surface area contributed by atoms with Crippen LogP contribution in [0.3, 0.4) is 0 Å². The predicted molar refractivity (Wildman–Crippen MR) is 79.8 cm³/mol. The van der Waals surface area contributed by atoms with Crippen LogP contribution in [0, 0.1) is 0 Å². The molecule has 1 aromatic carbocycles. The zero-order chi connectivity index (χ0) is 16.2. The second-order valence-corrected chi connectivity index (χ2v) is 4.12. The SMILES string of the molecule is CCOC(=O)Oc1ccc(NC(=O)NCCCNC=O)cc1. The highest BCUT2D eigenvalue weighted by Crippen LogP contribution is 2.16. The summed E-state index contributed by atoms with van der Waals surface area (Å²) < 4.78 is 9.54. The normalized spacial score (nSPS) is 9.50. The molecule has 0 radical (unpaired) electrons. The van der Waals surface area contributed by atoms with Crippen LogP contribution >= 0.6 is 0 Å². The summed E-state index contributed by atoms with van der Waals surface area (Å²) in [4.78, 5) is 32.7. The van der Waals surface area contributed by atoms with Crippen LogP contribution in [0.5, 0.6) is 5.75 Å². The molecular weight excluding hydrogens is 290 g/mol. The molecule has 0 fully saturated rings. The van der Waals surface area contributed by atoms with Crippen LogP contribution < -0.4 is 20.7 Å². The molecule has 3 amide bonds. The Morgan fingerprint density at radius 1 is 1.18 bits per heavy atom. The van der Waals surface area contributed by atoms with Crippen molar-refractivity contribution in [3.05, 3.63) is 24.3 Å². The molecule has 0 saturated carbocycles. The van der Waals surface area contributed by atoms with Crippen LogP contribution in [0.1, 0.15) is 13.3 Å². The number of ether oxygens (including phenoxy) is 2. The second-order valence-electron chi connectivity index (χ2n) is 4.12. The molecule has 0 aliphatic heterocycles. The highest BCUT2D eigenvalue weighted by Gasteiger charge is 2.05. The van der Waals surface area contributed by atoms with Crippen molar-refractivity contribution in [1.82, 2.24) is 10.6 Å². The fourth-order valence-electron chi connectivity index (χ4n) is 1.48. The fourth-order valence-corrected chi connectivity index (χ4v) is 1.48. The van der Waals surface area contributed by atoms with Gasteiger partial charge in [0.2, 0.25) is 6.41 Å². The van der Waals surface area contributed by atoms with Gasteiger partial charge in [0.05, 0.1) is 6.61 Å². The lowest BCUT2D eigenvalue weighted by atomic mass is 10.3. The molecule has 0 aliphatic rings. The zero-order valence-electron chi connectivity index (χ0n) is 12.3. The van der Waals surface area contributed by atoms with E-state index in [2.05, 4.69) is 20.7 Å². The first-order chi connectivity index (χ1) is 10.7. The molecule has 0 bridgehead atoms. The van der Waals surface area contributed by atoms with E-state index in [1.165, 1.54) is 0 Å². The number of anilines is 1. The molecule has 8 nitrogen and oxygen atoms in total. The van der Waals surface area contributed by atoms with Gasteiger partial charge in [0.25, 0.3) is 0 Å². The highest BCUT2D eigenvalue weighted by atomic mass is 16.7. The van der Waals surface area contributed by atoms with Crippen molar-refractivity contribution in [2.75, 3.05) is 25.0 Å². The Morgan fingerprint density at radius 2 is 1.91 bits per heavy atom. The first kappa shape index (κ1) is 17.3. The van der Waals surface area contributed by atoms with E-state index in [0.717, 1.165) is 0 Å². The Kier molecular flexibility index (Phi) is 7.88. The van der Waals surface area contributed by atoms with Crippen molar-refractivity contribution in [1.29, 1.82) is 0 Å². The quantitative estimate of drug-likeness (QED) is 0.292. The van der Waals surface area contributed by atoms with E-state index >= 15 is 0 Å². The molecule has 0 spiro atoms. The summed E-state index contributed by atoms with van der Waals surface area (Å²) in [5.74, 6) is 0.323. The number of benzene rings is 1. The van der Waals surface area contributed by atoms with Crippen molar-refractivity contribution < 1.29 is 23.9 Å². The molecule has 0 aromatic heterocycles. The molecule has 120 valence electrons. The Labute approximate surface area is 128 Å². The Morgan fingerprint density at radius 3 is 2.55 bits per heavy atom. The topological polar surface area (TPSA) is 106 Å². The third-order valence-corrected chi connectivity index (χ3v) is 2.44. The van der Waals surface area contributed by atoms with Crippen molar-refractivity contribution in [2.45, 2.75) is 13.3 Å². The number of rotatable bonds is 8. The van der Waals surface area contributed by atoms with Gasteiger partial charge in [0.1, 0.15) is 5.75 Å². The van der Waals surface area contributed by atoms with Crippen LogP contribution in [0.25, 0.3) is 0 Å². The summed E-state index contributed by atoms with van der Waals surface area (Å²) in [7, 11) is 0. The van der Waals surface area contributed by atoms with Crippen molar-refractivity contribution in [2.24, 2.45) is 0 Å². The lowest BCUT2D eigenvalue weighted by Crippen LogP contribution is -2.31. The van der Waals surface area contributed by atoms with Crippen LogP contribution in [0.2, 0.25) is 0 Å². The van der Waals surface area contributed by atoms with Gasteiger partial charge in [0, 0.05) is 18.8 Å². The van der Waals surface area contributed by atoms with Crippen molar-refractivity contribution >= 4 is 24.3 Å². The minimum absolute atomic E-state index is 0.237. The molecule has 22 heavy (non-hydrogen) atoms. The minimum atomic E-state index is -0.773. The van der Waals surface area contributed by atoms with E-state index < -0.39 is 6.16 Å². The number of carbonyl (C=O) groups excluding carboxylic acids is 3. The van der Waals surface area contributed by atoms with Gasteiger partial charge in [0.15, 0.2) is 0 Å². The molecule has 1 aromatic rings. The number of urea groups is 1. The number of amides is 3. The first-order valence-corrected chi connectivity index (χ1v) is 6.82. The van der Waals surface area contributed by atoms with Gasteiger partial charge in [-0.2, -0.15) is 0 Å². The van der Waals surface area contributed by atoms with Gasteiger partial charge in [-0.1, -0.05) is 0 Å². The third kappa shape index (κ3) is 7.13. The fraction of sp³-hybridized carbons (Fsp3) is 0.357. The molecular formula is C14H19N3O5. The summed E-state index contributed by atoms with van der Waals surface area (Å²) in [6, 6.07) is 5.93. The summed E-state index contributed by atoms with van der Waals surface area (Å²) >= 11 is 0. The van der Waals surface area contributed by atoms with E-state index in [-0.39, 0.29) is 12.6 Å². The third-order valence-electron chi connectivity index (χ3n) is 2.44. The summed E-state index contributed by atoms with van der Waals surface area (Å²) in [5, 5.41) is 7.77. The van der Waals surface area contributed by atoms with Crippen LogP contribution in [-0.2, 0) is 9.53 Å². The Hall–Kier alpha value is -2.77. The van der Waals surface area contributed by atoms with E-state index in [4.69, 9.17) is 4.74 Å². The van der Waals surface area contributed by atoms with Gasteiger partial charge < -0.3 is 25.4 Å². The van der Waals surface area contributed by atoms with E-state index in [9.17, 15) is 14.4 Å². The highest BCUT2D eigenvalue weighted by molar-refractivity contribution is 5.89. The molecule has 0 saturated heterocycles. The zero-order valence-corrected chi connectivity index (χ0v) is 12.3. The average molecular weight is 309 g/mol. The lowest BCUT2D eigenvalue weighted by molar-refractivity contribution is -0.109. The van der Waals surface area contributed by atoms with Gasteiger partial charge in [-0.25, -0.2) is 9.59 Å². The maximum atomic E-state index is 11.6. The summed E-state index contributed by atoms with van der Waals surface area (Å²) in [5.41, 5.74) is 0.555. The van der Waals surface area contributed by atoms with E-state index in [1.807, 2.05) is 0 Å². The van der Waals surface area contributed by atoms with Crippen LogP contribution in [-0.4, -0.2) is 38.3 Å². The molecule has 0 unspecified atom stereocenters. The standard InChI is InChI=1S/C14H19N3O5/c1-2-21-14(20)22-12-6-4-11(5-7-12)17-13(19)16-9-3-8-15-10-18/h4-7,10H,2-3,8-9H2,1H3,(H,15,18)(H2,16,17,19). The smallest absolute Gasteiger partial charge is 0.434 e.